The summed E-state index contributed by atoms with van der Waals surface area (Å²) in [6, 6.07) is 5.47. The molecule has 0 saturated carbocycles. The second-order valence-corrected chi connectivity index (χ2v) is 4.03. The summed E-state index contributed by atoms with van der Waals surface area (Å²) in [6.07, 6.45) is 1.91. The van der Waals surface area contributed by atoms with Gasteiger partial charge < -0.3 is 0 Å². The monoisotopic (exact) mass is 180 g/mol. The van der Waals surface area contributed by atoms with Gasteiger partial charge in [-0.05, 0) is 42.9 Å². The molecule has 0 aliphatic rings. The highest BCUT2D eigenvalue weighted by Crippen LogP contribution is 2.14. The summed E-state index contributed by atoms with van der Waals surface area (Å²) in [4.78, 5) is 0. The Morgan fingerprint density at radius 3 is 2.54 bits per heavy atom. The molecule has 0 atom stereocenters. The maximum atomic E-state index is 13.3. The van der Waals surface area contributed by atoms with Crippen molar-refractivity contribution in [1.29, 1.82) is 0 Å². The fourth-order valence-corrected chi connectivity index (χ4v) is 1.30. The third kappa shape index (κ3) is 3.17. The van der Waals surface area contributed by atoms with Crippen molar-refractivity contribution in [3.8, 4) is 0 Å². The predicted octanol–water partition coefficient (Wildman–Crippen LogP) is 3.72. The van der Waals surface area contributed by atoms with Crippen LogP contribution >= 0.6 is 0 Å². The van der Waals surface area contributed by atoms with Crippen molar-refractivity contribution >= 4 is 0 Å². The lowest BCUT2D eigenvalue weighted by Crippen LogP contribution is -1.95. The molecule has 0 aromatic heterocycles. The molecule has 0 heterocycles. The minimum absolute atomic E-state index is 0.0550. The SMILES string of the molecule is Cc1ccc(CCC(C)C)c(F)c1. The summed E-state index contributed by atoms with van der Waals surface area (Å²) >= 11 is 0. The minimum atomic E-state index is -0.0550. The van der Waals surface area contributed by atoms with Gasteiger partial charge in [-0.25, -0.2) is 4.39 Å². The predicted molar refractivity (Wildman–Crippen MR) is 54.3 cm³/mol. The molecule has 0 saturated heterocycles. The van der Waals surface area contributed by atoms with Gasteiger partial charge in [-0.15, -0.1) is 0 Å². The molecule has 1 aromatic rings. The first-order valence-corrected chi connectivity index (χ1v) is 4.84. The van der Waals surface area contributed by atoms with Crippen molar-refractivity contribution in [2.45, 2.75) is 33.6 Å². The maximum absolute atomic E-state index is 13.3. The Balaban J connectivity index is 2.67. The fourth-order valence-electron chi connectivity index (χ4n) is 1.30. The van der Waals surface area contributed by atoms with Crippen LogP contribution in [0.25, 0.3) is 0 Å². The highest BCUT2D eigenvalue weighted by Gasteiger charge is 2.02. The van der Waals surface area contributed by atoms with Crippen molar-refractivity contribution in [1.82, 2.24) is 0 Å². The van der Waals surface area contributed by atoms with Crippen LogP contribution in [0.1, 0.15) is 31.4 Å². The number of benzene rings is 1. The Morgan fingerprint density at radius 1 is 1.31 bits per heavy atom. The molecule has 13 heavy (non-hydrogen) atoms. The lowest BCUT2D eigenvalue weighted by molar-refractivity contribution is 0.558. The minimum Gasteiger partial charge on any atom is -0.207 e. The molecule has 0 spiro atoms. The Morgan fingerprint density at radius 2 is 2.00 bits per heavy atom. The van der Waals surface area contributed by atoms with Crippen LogP contribution in [0.3, 0.4) is 0 Å². The van der Waals surface area contributed by atoms with Gasteiger partial charge in [-0.3, -0.25) is 0 Å². The van der Waals surface area contributed by atoms with Crippen LogP contribution in [0.4, 0.5) is 4.39 Å². The van der Waals surface area contributed by atoms with E-state index in [0.717, 1.165) is 24.0 Å². The molecule has 0 bridgehead atoms. The van der Waals surface area contributed by atoms with Gasteiger partial charge in [0.15, 0.2) is 0 Å². The number of hydrogen-bond acceptors (Lipinski definition) is 0. The van der Waals surface area contributed by atoms with Gasteiger partial charge in [-0.2, -0.15) is 0 Å². The zero-order valence-corrected chi connectivity index (χ0v) is 8.60. The summed E-state index contributed by atoms with van der Waals surface area (Å²) < 4.78 is 13.3. The zero-order valence-electron chi connectivity index (χ0n) is 8.60. The molecule has 0 unspecified atom stereocenters. The van der Waals surface area contributed by atoms with E-state index in [0.29, 0.717) is 5.92 Å². The van der Waals surface area contributed by atoms with Crippen LogP contribution in [0, 0.1) is 18.7 Å². The number of hydrogen-bond donors (Lipinski definition) is 0. The highest BCUT2D eigenvalue weighted by molar-refractivity contribution is 5.23. The molecule has 0 amide bonds. The lowest BCUT2D eigenvalue weighted by Gasteiger charge is -2.06. The van der Waals surface area contributed by atoms with Crippen molar-refractivity contribution in [3.05, 3.63) is 35.1 Å². The molecule has 1 heteroatoms. The van der Waals surface area contributed by atoms with Crippen LogP contribution in [-0.4, -0.2) is 0 Å². The quantitative estimate of drug-likeness (QED) is 0.665. The third-order valence-corrected chi connectivity index (χ3v) is 2.20. The van der Waals surface area contributed by atoms with Gasteiger partial charge in [-0.1, -0.05) is 26.0 Å². The average molecular weight is 180 g/mol. The maximum Gasteiger partial charge on any atom is 0.126 e. The number of rotatable bonds is 3. The summed E-state index contributed by atoms with van der Waals surface area (Å²) in [5.74, 6) is 0.585. The van der Waals surface area contributed by atoms with E-state index in [1.807, 2.05) is 19.1 Å². The van der Waals surface area contributed by atoms with Crippen LogP contribution < -0.4 is 0 Å². The van der Waals surface area contributed by atoms with Gasteiger partial charge in [0.05, 0.1) is 0 Å². The van der Waals surface area contributed by atoms with Gasteiger partial charge >= 0.3 is 0 Å². The Hall–Kier alpha value is -0.850. The van der Waals surface area contributed by atoms with Crippen LogP contribution in [0.2, 0.25) is 0 Å². The van der Waals surface area contributed by atoms with E-state index in [2.05, 4.69) is 13.8 Å². The smallest absolute Gasteiger partial charge is 0.126 e. The van der Waals surface area contributed by atoms with Crippen molar-refractivity contribution in [2.75, 3.05) is 0 Å². The second-order valence-electron chi connectivity index (χ2n) is 4.03. The summed E-state index contributed by atoms with van der Waals surface area (Å²) in [6.45, 7) is 6.23. The molecule has 1 aromatic carbocycles. The average Bonchev–Trinajstić information content (AvgIpc) is 2.02. The highest BCUT2D eigenvalue weighted by atomic mass is 19.1. The lowest BCUT2D eigenvalue weighted by atomic mass is 10.0. The summed E-state index contributed by atoms with van der Waals surface area (Å²) in [5.41, 5.74) is 1.84. The number of halogens is 1. The summed E-state index contributed by atoms with van der Waals surface area (Å²) in [7, 11) is 0. The largest absolute Gasteiger partial charge is 0.207 e. The van der Waals surface area contributed by atoms with E-state index in [1.54, 1.807) is 6.07 Å². The van der Waals surface area contributed by atoms with Gasteiger partial charge in [0.25, 0.3) is 0 Å². The van der Waals surface area contributed by atoms with Gasteiger partial charge in [0.2, 0.25) is 0 Å². The number of aryl methyl sites for hydroxylation is 2. The van der Waals surface area contributed by atoms with E-state index >= 15 is 0 Å². The first-order chi connectivity index (χ1) is 6.09. The van der Waals surface area contributed by atoms with Crippen molar-refractivity contribution in [3.63, 3.8) is 0 Å². The normalized spacial score (nSPS) is 10.8. The van der Waals surface area contributed by atoms with Crippen LogP contribution in [0.15, 0.2) is 18.2 Å². The molecular formula is C12H17F. The Bertz CT molecular complexity index is 276. The molecule has 0 aliphatic carbocycles. The van der Waals surface area contributed by atoms with Gasteiger partial charge in [0, 0.05) is 0 Å². The second kappa shape index (κ2) is 4.40. The standard InChI is InChI=1S/C12H17F/c1-9(2)4-6-11-7-5-10(3)8-12(11)13/h5,7-9H,4,6H2,1-3H3. The van der Waals surface area contributed by atoms with Crippen LogP contribution in [-0.2, 0) is 6.42 Å². The molecule has 72 valence electrons. The molecule has 1 rings (SSSR count). The van der Waals surface area contributed by atoms with Crippen molar-refractivity contribution in [2.24, 2.45) is 5.92 Å². The van der Waals surface area contributed by atoms with Gasteiger partial charge in [0.1, 0.15) is 5.82 Å². The third-order valence-electron chi connectivity index (χ3n) is 2.20. The molecule has 0 radical (unpaired) electrons. The Labute approximate surface area is 79.8 Å². The first-order valence-electron chi connectivity index (χ1n) is 4.84. The van der Waals surface area contributed by atoms with E-state index in [-0.39, 0.29) is 5.82 Å². The summed E-state index contributed by atoms with van der Waals surface area (Å²) in [5, 5.41) is 0. The zero-order chi connectivity index (χ0) is 9.84. The molecular weight excluding hydrogens is 163 g/mol. The van der Waals surface area contributed by atoms with E-state index < -0.39 is 0 Å². The van der Waals surface area contributed by atoms with E-state index in [4.69, 9.17) is 0 Å². The molecule has 0 aliphatic heterocycles. The first kappa shape index (κ1) is 10.2. The topological polar surface area (TPSA) is 0 Å². The fraction of sp³-hybridized carbons (Fsp3) is 0.500. The van der Waals surface area contributed by atoms with E-state index in [9.17, 15) is 4.39 Å². The molecule has 0 N–H and O–H groups in total. The molecule has 0 nitrogen and oxygen atoms in total. The Kier molecular flexibility index (Phi) is 3.47. The van der Waals surface area contributed by atoms with E-state index in [1.165, 1.54) is 0 Å². The van der Waals surface area contributed by atoms with Crippen LogP contribution in [0.5, 0.6) is 0 Å². The van der Waals surface area contributed by atoms with Crippen molar-refractivity contribution < 1.29 is 4.39 Å². The molecule has 0 fully saturated rings.